The van der Waals surface area contributed by atoms with E-state index >= 15 is 8.78 Å². The highest BCUT2D eigenvalue weighted by atomic mass is 35.5. The van der Waals surface area contributed by atoms with Crippen LogP contribution in [0.5, 0.6) is 0 Å². The van der Waals surface area contributed by atoms with Crippen molar-refractivity contribution >= 4 is 29.1 Å². The molecule has 7 nitrogen and oxygen atoms in total. The molecule has 1 saturated carbocycles. The van der Waals surface area contributed by atoms with Crippen molar-refractivity contribution in [3.63, 3.8) is 0 Å². The van der Waals surface area contributed by atoms with Crippen LogP contribution < -0.4 is 10.6 Å². The monoisotopic (exact) mass is 581 g/mol. The highest BCUT2D eigenvalue weighted by molar-refractivity contribution is 6.31. The molecule has 5 N–H and O–H groups in total. The maximum absolute atomic E-state index is 15.7. The number of hydrogen-bond donors (Lipinski definition) is 5. The smallest absolute Gasteiger partial charge is 0.237 e. The molecule has 1 aliphatic heterocycles. The van der Waals surface area contributed by atoms with Gasteiger partial charge in [0, 0.05) is 23.0 Å². The number of carbonyl (C=O) groups is 1. The molecule has 0 radical (unpaired) electrons. The first-order valence-corrected chi connectivity index (χ1v) is 13.6. The minimum atomic E-state index is -1.97. The minimum absolute atomic E-state index is 0.0258. The fraction of sp³-hybridized carbons (Fsp3) is 0.500. The van der Waals surface area contributed by atoms with Crippen molar-refractivity contribution in [2.75, 3.05) is 13.2 Å². The molecule has 1 aliphatic carbocycles. The van der Waals surface area contributed by atoms with Gasteiger partial charge in [0.2, 0.25) is 5.91 Å². The molecule has 2 aromatic carbocycles. The van der Waals surface area contributed by atoms with Crippen LogP contribution in [0.15, 0.2) is 36.4 Å². The first kappa shape index (κ1) is 29.7. The van der Waals surface area contributed by atoms with E-state index in [9.17, 15) is 20.3 Å². The number of halogens is 4. The number of nitrogens with one attached hydrogen (secondary N) is 2. The average molecular weight is 582 g/mol. The Bertz CT molecular complexity index is 1270. The summed E-state index contributed by atoms with van der Waals surface area (Å²) in [5.74, 6) is -3.91. The Morgan fingerprint density at radius 3 is 2.62 bits per heavy atom. The maximum atomic E-state index is 15.7. The molecule has 2 aliphatic rings. The number of aliphatic hydroxyl groups excluding tert-OH is 2. The Morgan fingerprint density at radius 1 is 1.31 bits per heavy atom. The normalized spacial score (nSPS) is 27.3. The van der Waals surface area contributed by atoms with Crippen molar-refractivity contribution < 1.29 is 28.9 Å². The van der Waals surface area contributed by atoms with Crippen molar-refractivity contribution in [2.45, 2.75) is 67.7 Å². The molecule has 6 atom stereocenters. The molecular formula is C28H31Cl2F2N3O4. The van der Waals surface area contributed by atoms with E-state index in [4.69, 9.17) is 28.3 Å². The molecule has 1 amide bonds. The number of benzene rings is 2. The van der Waals surface area contributed by atoms with E-state index in [0.29, 0.717) is 12.8 Å². The minimum Gasteiger partial charge on any atom is -0.394 e. The molecule has 1 saturated heterocycles. The maximum Gasteiger partial charge on any atom is 0.237 e. The van der Waals surface area contributed by atoms with Crippen LogP contribution >= 0.6 is 23.2 Å². The summed E-state index contributed by atoms with van der Waals surface area (Å²) in [4.78, 5) is 13.6. The Morgan fingerprint density at radius 2 is 2.03 bits per heavy atom. The third-order valence-corrected chi connectivity index (χ3v) is 8.82. The van der Waals surface area contributed by atoms with Gasteiger partial charge in [-0.3, -0.25) is 10.1 Å². The van der Waals surface area contributed by atoms with Gasteiger partial charge < -0.3 is 20.6 Å². The second-order valence-electron chi connectivity index (χ2n) is 10.6. The van der Waals surface area contributed by atoms with E-state index in [1.54, 1.807) is 6.92 Å². The van der Waals surface area contributed by atoms with Gasteiger partial charge >= 0.3 is 0 Å². The van der Waals surface area contributed by atoms with Crippen LogP contribution in [0.2, 0.25) is 10.0 Å². The fourth-order valence-corrected chi connectivity index (χ4v) is 6.37. The van der Waals surface area contributed by atoms with Gasteiger partial charge in [-0.05, 0) is 55.9 Å². The predicted molar refractivity (Wildman–Crippen MR) is 142 cm³/mol. The second-order valence-corrected chi connectivity index (χ2v) is 11.4. The molecule has 11 heteroatoms. The third kappa shape index (κ3) is 5.26. The van der Waals surface area contributed by atoms with E-state index in [0.717, 1.165) is 12.5 Å². The van der Waals surface area contributed by atoms with Gasteiger partial charge in [-0.15, -0.1) is 0 Å². The van der Waals surface area contributed by atoms with Gasteiger partial charge in [0.05, 0.1) is 41.5 Å². The topological polar surface area (TPSA) is 126 Å². The zero-order valence-electron chi connectivity index (χ0n) is 21.3. The Kier molecular flexibility index (Phi) is 8.86. The van der Waals surface area contributed by atoms with Gasteiger partial charge in [0.15, 0.2) is 0 Å². The standard InChI is InChI=1S/C28H31Cl2F2N3O4/c1-27(39,15-4-2-5-15)26-28(14-33,19-9-8-16(29)12-21(19)31)22(18-6-3-7-20(30)23(18)32)24(35-26)25(38)34-11-10-17(37)13-36/h3,6-9,12,15,17,22,24,26,35-37,39H,2,4-5,10-11,13H2,1H3,(H,34,38)/t17-,22-,24+,26+,27?,28+/m0/s1. The number of rotatable bonds is 9. The van der Waals surface area contributed by atoms with Gasteiger partial charge in [0.25, 0.3) is 0 Å². The number of nitriles is 1. The van der Waals surface area contributed by atoms with Crippen LogP contribution in [-0.2, 0) is 10.2 Å². The van der Waals surface area contributed by atoms with Gasteiger partial charge in [0.1, 0.15) is 17.0 Å². The lowest BCUT2D eigenvalue weighted by Crippen LogP contribution is -2.61. The van der Waals surface area contributed by atoms with Crippen molar-refractivity contribution in [2.24, 2.45) is 5.92 Å². The summed E-state index contributed by atoms with van der Waals surface area (Å²) in [6.07, 6.45) is 1.19. The summed E-state index contributed by atoms with van der Waals surface area (Å²) < 4.78 is 31.4. The van der Waals surface area contributed by atoms with Crippen LogP contribution in [0.25, 0.3) is 0 Å². The molecule has 39 heavy (non-hydrogen) atoms. The zero-order chi connectivity index (χ0) is 28.5. The van der Waals surface area contributed by atoms with E-state index < -0.39 is 59.3 Å². The van der Waals surface area contributed by atoms with Gasteiger partial charge in [-0.2, -0.15) is 5.26 Å². The molecule has 0 bridgehead atoms. The van der Waals surface area contributed by atoms with E-state index in [1.807, 2.05) is 0 Å². The summed E-state index contributed by atoms with van der Waals surface area (Å²) >= 11 is 12.2. The Hall–Kier alpha value is -2.32. The molecule has 1 heterocycles. The molecule has 0 spiro atoms. The second kappa shape index (κ2) is 11.7. The lowest BCUT2D eigenvalue weighted by atomic mass is 9.58. The summed E-state index contributed by atoms with van der Waals surface area (Å²) in [7, 11) is 0. The van der Waals surface area contributed by atoms with E-state index in [2.05, 4.69) is 16.7 Å². The van der Waals surface area contributed by atoms with Crippen LogP contribution in [0, 0.1) is 28.9 Å². The average Bonchev–Trinajstić information content (AvgIpc) is 3.21. The lowest BCUT2D eigenvalue weighted by Gasteiger charge is -2.48. The molecule has 2 aromatic rings. The number of nitrogens with zero attached hydrogens (tertiary/aromatic N) is 1. The van der Waals surface area contributed by atoms with Crippen molar-refractivity contribution in [3.8, 4) is 6.07 Å². The van der Waals surface area contributed by atoms with Crippen LogP contribution in [-0.4, -0.2) is 58.2 Å². The van der Waals surface area contributed by atoms with Crippen molar-refractivity contribution in [1.29, 1.82) is 5.26 Å². The molecule has 210 valence electrons. The zero-order valence-corrected chi connectivity index (χ0v) is 22.8. The summed E-state index contributed by atoms with van der Waals surface area (Å²) in [6.45, 7) is 1.04. The summed E-state index contributed by atoms with van der Waals surface area (Å²) in [6, 6.07) is 7.69. The summed E-state index contributed by atoms with van der Waals surface area (Å²) in [5, 5.41) is 47.2. The van der Waals surface area contributed by atoms with E-state index in [1.165, 1.54) is 30.3 Å². The van der Waals surface area contributed by atoms with Crippen LogP contribution in [0.3, 0.4) is 0 Å². The molecular weight excluding hydrogens is 551 g/mol. The van der Waals surface area contributed by atoms with Gasteiger partial charge in [-0.1, -0.05) is 47.8 Å². The number of carbonyl (C=O) groups excluding carboxylic acids is 1. The lowest BCUT2D eigenvalue weighted by molar-refractivity contribution is -0.123. The van der Waals surface area contributed by atoms with E-state index in [-0.39, 0.29) is 40.1 Å². The number of hydrogen-bond acceptors (Lipinski definition) is 6. The van der Waals surface area contributed by atoms with Crippen LogP contribution in [0.1, 0.15) is 49.7 Å². The first-order valence-electron chi connectivity index (χ1n) is 12.8. The highest BCUT2D eigenvalue weighted by Gasteiger charge is 2.66. The Labute approximate surface area is 235 Å². The highest BCUT2D eigenvalue weighted by Crippen LogP contribution is 2.55. The first-order chi connectivity index (χ1) is 18.5. The number of amides is 1. The summed E-state index contributed by atoms with van der Waals surface area (Å²) in [5.41, 5.74) is -3.78. The molecule has 1 unspecified atom stereocenters. The Balaban J connectivity index is 1.93. The predicted octanol–water partition coefficient (Wildman–Crippen LogP) is 3.57. The molecule has 2 fully saturated rings. The largest absolute Gasteiger partial charge is 0.394 e. The third-order valence-electron chi connectivity index (χ3n) is 8.29. The fourth-order valence-electron chi connectivity index (χ4n) is 6.03. The SMILES string of the molecule is CC(O)(C1CCC1)[C@H]1N[C@@H](C(=O)NCC[C@H](O)CO)[C@H](c2cccc(Cl)c2F)[C@@]1(C#N)c1ccc(Cl)cc1F. The molecule has 0 aromatic heterocycles. The quantitative estimate of drug-likeness (QED) is 0.308. The van der Waals surface area contributed by atoms with Crippen molar-refractivity contribution in [3.05, 3.63) is 69.2 Å². The van der Waals surface area contributed by atoms with Crippen molar-refractivity contribution in [1.82, 2.24) is 10.6 Å². The van der Waals surface area contributed by atoms with Gasteiger partial charge in [-0.25, -0.2) is 8.78 Å². The van der Waals surface area contributed by atoms with Crippen LogP contribution in [0.4, 0.5) is 8.78 Å². The molecule has 4 rings (SSSR count). The number of aliphatic hydroxyl groups is 3.